The second-order valence-corrected chi connectivity index (χ2v) is 8.15. The average Bonchev–Trinajstić information content (AvgIpc) is 3.04. The Hall–Kier alpha value is -1.95. The molecule has 0 saturated carbocycles. The molecule has 3 rings (SSSR count). The van der Waals surface area contributed by atoms with E-state index < -0.39 is 0 Å². The molecule has 28 heavy (non-hydrogen) atoms. The lowest BCUT2D eigenvalue weighted by Gasteiger charge is -2.11. The average molecular weight is 434 g/mol. The Kier molecular flexibility index (Phi) is 7.05. The van der Waals surface area contributed by atoms with Crippen molar-refractivity contribution in [2.75, 3.05) is 0 Å². The van der Waals surface area contributed by atoms with Crippen molar-refractivity contribution < 1.29 is 4.74 Å². The first kappa shape index (κ1) is 20.8. The standard InChI is InChI=1S/C21H21Cl2N3OS/c1-4-9-26-20(12-27-19-8-5-14(2)10-15(19)3)24-25-21(26)28-13-16-6-7-17(22)18(23)11-16/h4-8,10-11H,1,9,12-13H2,2-3H3. The third-order valence-electron chi connectivity index (χ3n) is 4.14. The van der Waals surface area contributed by atoms with E-state index in [-0.39, 0.29) is 0 Å². The van der Waals surface area contributed by atoms with Gasteiger partial charge in [0.25, 0.3) is 0 Å². The highest BCUT2D eigenvalue weighted by Gasteiger charge is 2.13. The summed E-state index contributed by atoms with van der Waals surface area (Å²) in [5, 5.41) is 10.6. The molecule has 1 aromatic heterocycles. The number of rotatable bonds is 8. The number of allylic oxidation sites excluding steroid dienone is 1. The van der Waals surface area contributed by atoms with E-state index in [1.165, 1.54) is 5.56 Å². The molecule has 7 heteroatoms. The van der Waals surface area contributed by atoms with Crippen LogP contribution in [0.4, 0.5) is 0 Å². The number of aromatic nitrogens is 3. The molecule has 0 aliphatic heterocycles. The number of benzene rings is 2. The summed E-state index contributed by atoms with van der Waals surface area (Å²) in [6.45, 7) is 8.90. The van der Waals surface area contributed by atoms with Crippen LogP contribution in [0.15, 0.2) is 54.2 Å². The van der Waals surface area contributed by atoms with Gasteiger partial charge in [-0.15, -0.1) is 16.8 Å². The molecule has 3 aromatic rings. The zero-order valence-corrected chi connectivity index (χ0v) is 18.1. The normalized spacial score (nSPS) is 10.9. The Morgan fingerprint density at radius 2 is 1.93 bits per heavy atom. The fourth-order valence-corrected chi connectivity index (χ4v) is 3.96. The van der Waals surface area contributed by atoms with Gasteiger partial charge in [0.15, 0.2) is 11.0 Å². The van der Waals surface area contributed by atoms with Gasteiger partial charge in [-0.2, -0.15) is 0 Å². The molecule has 0 radical (unpaired) electrons. The van der Waals surface area contributed by atoms with Gasteiger partial charge in [0.1, 0.15) is 12.4 Å². The van der Waals surface area contributed by atoms with Crippen LogP contribution in [0.2, 0.25) is 10.0 Å². The van der Waals surface area contributed by atoms with Gasteiger partial charge in [-0.1, -0.05) is 64.8 Å². The number of hydrogen-bond donors (Lipinski definition) is 0. The van der Waals surface area contributed by atoms with Crippen molar-refractivity contribution in [2.45, 2.75) is 37.9 Å². The summed E-state index contributed by atoms with van der Waals surface area (Å²) in [7, 11) is 0. The Labute approximate surface area is 179 Å². The number of halogens is 2. The SMILES string of the molecule is C=CCn1c(COc2ccc(C)cc2C)nnc1SCc1ccc(Cl)c(Cl)c1. The first-order valence-corrected chi connectivity index (χ1v) is 10.5. The molecule has 0 bridgehead atoms. The van der Waals surface area contributed by atoms with Crippen molar-refractivity contribution in [1.29, 1.82) is 0 Å². The summed E-state index contributed by atoms with van der Waals surface area (Å²) in [6, 6.07) is 11.8. The van der Waals surface area contributed by atoms with Crippen molar-refractivity contribution in [3.8, 4) is 5.75 Å². The minimum Gasteiger partial charge on any atom is -0.485 e. The summed E-state index contributed by atoms with van der Waals surface area (Å²) in [5.74, 6) is 2.32. The zero-order valence-electron chi connectivity index (χ0n) is 15.8. The molecule has 0 N–H and O–H groups in total. The van der Waals surface area contributed by atoms with Gasteiger partial charge in [0.2, 0.25) is 0 Å². The third-order valence-corrected chi connectivity index (χ3v) is 5.92. The molecule has 2 aromatic carbocycles. The largest absolute Gasteiger partial charge is 0.485 e. The van der Waals surface area contributed by atoms with Crippen LogP contribution in [0.1, 0.15) is 22.5 Å². The van der Waals surface area contributed by atoms with Gasteiger partial charge < -0.3 is 4.74 Å². The van der Waals surface area contributed by atoms with E-state index in [0.717, 1.165) is 27.9 Å². The molecular formula is C21H21Cl2N3OS. The summed E-state index contributed by atoms with van der Waals surface area (Å²) in [6.07, 6.45) is 1.83. The van der Waals surface area contributed by atoms with Crippen LogP contribution in [0.25, 0.3) is 0 Å². The van der Waals surface area contributed by atoms with E-state index in [9.17, 15) is 0 Å². The van der Waals surface area contributed by atoms with E-state index in [1.54, 1.807) is 17.8 Å². The minimum atomic E-state index is 0.345. The quantitative estimate of drug-likeness (QED) is 0.310. The monoisotopic (exact) mass is 433 g/mol. The molecule has 1 heterocycles. The molecular weight excluding hydrogens is 413 g/mol. The number of nitrogens with zero attached hydrogens (tertiary/aromatic N) is 3. The summed E-state index contributed by atoms with van der Waals surface area (Å²) < 4.78 is 7.98. The fourth-order valence-electron chi connectivity index (χ4n) is 2.73. The molecule has 0 unspecified atom stereocenters. The Balaban J connectivity index is 1.71. The van der Waals surface area contributed by atoms with Gasteiger partial charge in [-0.05, 0) is 43.2 Å². The van der Waals surface area contributed by atoms with Crippen LogP contribution in [0.3, 0.4) is 0 Å². The van der Waals surface area contributed by atoms with Gasteiger partial charge in [0.05, 0.1) is 10.0 Å². The summed E-state index contributed by atoms with van der Waals surface area (Å²) >= 11 is 13.7. The number of aryl methyl sites for hydroxylation is 2. The Morgan fingerprint density at radius 3 is 2.64 bits per heavy atom. The first-order chi connectivity index (χ1) is 13.5. The number of hydrogen-bond acceptors (Lipinski definition) is 4. The molecule has 0 atom stereocenters. The Morgan fingerprint density at radius 1 is 1.11 bits per heavy atom. The van der Waals surface area contributed by atoms with Crippen LogP contribution < -0.4 is 4.74 Å². The lowest BCUT2D eigenvalue weighted by atomic mass is 10.1. The maximum atomic E-state index is 6.10. The van der Waals surface area contributed by atoms with Gasteiger partial charge in [-0.25, -0.2) is 0 Å². The van der Waals surface area contributed by atoms with Crippen LogP contribution in [0.5, 0.6) is 5.75 Å². The van der Waals surface area contributed by atoms with Gasteiger partial charge >= 0.3 is 0 Å². The number of thioether (sulfide) groups is 1. The second kappa shape index (κ2) is 9.50. The van der Waals surface area contributed by atoms with Gasteiger partial charge in [0, 0.05) is 12.3 Å². The second-order valence-electron chi connectivity index (χ2n) is 6.39. The van der Waals surface area contributed by atoms with Crippen molar-refractivity contribution in [3.63, 3.8) is 0 Å². The first-order valence-electron chi connectivity index (χ1n) is 8.77. The maximum absolute atomic E-state index is 6.10. The molecule has 0 fully saturated rings. The third kappa shape index (κ3) is 5.10. The highest BCUT2D eigenvalue weighted by atomic mass is 35.5. The zero-order chi connectivity index (χ0) is 20.1. The molecule has 146 valence electrons. The Bertz CT molecular complexity index is 988. The van der Waals surface area contributed by atoms with Crippen molar-refractivity contribution in [1.82, 2.24) is 14.8 Å². The highest BCUT2D eigenvalue weighted by Crippen LogP contribution is 2.28. The maximum Gasteiger partial charge on any atom is 0.191 e. The van der Waals surface area contributed by atoms with Gasteiger partial charge in [-0.3, -0.25) is 4.57 Å². The molecule has 0 amide bonds. The molecule has 4 nitrogen and oxygen atoms in total. The minimum absolute atomic E-state index is 0.345. The molecule has 0 spiro atoms. The van der Waals surface area contributed by atoms with E-state index in [2.05, 4.69) is 29.8 Å². The molecule has 0 saturated heterocycles. The predicted octanol–water partition coefficient (Wildman–Crippen LogP) is 6.26. The molecule has 0 aliphatic rings. The van der Waals surface area contributed by atoms with Crippen LogP contribution >= 0.6 is 35.0 Å². The van der Waals surface area contributed by atoms with Crippen LogP contribution in [-0.4, -0.2) is 14.8 Å². The topological polar surface area (TPSA) is 39.9 Å². The van der Waals surface area contributed by atoms with Crippen molar-refractivity contribution in [3.05, 3.63) is 81.6 Å². The van der Waals surface area contributed by atoms with Crippen LogP contribution in [0, 0.1) is 13.8 Å². The lowest BCUT2D eigenvalue weighted by molar-refractivity contribution is 0.287. The van der Waals surface area contributed by atoms with E-state index in [4.69, 9.17) is 27.9 Å². The summed E-state index contributed by atoms with van der Waals surface area (Å²) in [5.41, 5.74) is 3.38. The lowest BCUT2D eigenvalue weighted by Crippen LogP contribution is -2.08. The number of ether oxygens (including phenoxy) is 1. The van der Waals surface area contributed by atoms with E-state index >= 15 is 0 Å². The molecule has 0 aliphatic carbocycles. The van der Waals surface area contributed by atoms with E-state index in [0.29, 0.717) is 28.9 Å². The smallest absolute Gasteiger partial charge is 0.191 e. The van der Waals surface area contributed by atoms with Crippen molar-refractivity contribution in [2.24, 2.45) is 0 Å². The van der Waals surface area contributed by atoms with Crippen LogP contribution in [-0.2, 0) is 18.9 Å². The van der Waals surface area contributed by atoms with E-state index in [1.807, 2.05) is 41.8 Å². The summed E-state index contributed by atoms with van der Waals surface area (Å²) in [4.78, 5) is 0. The van der Waals surface area contributed by atoms with Crippen molar-refractivity contribution >= 4 is 35.0 Å². The highest BCUT2D eigenvalue weighted by molar-refractivity contribution is 7.98. The fraction of sp³-hybridized carbons (Fsp3) is 0.238. The predicted molar refractivity (Wildman–Crippen MR) is 116 cm³/mol.